The standard InChI is InChI=1S/C11H12IN3/c12-10-3-1-9(2-4-10)8-15-6-5-11(7-13)14-15/h1-6H,7-8,13H2. The van der Waals surface area contributed by atoms with Crippen molar-refractivity contribution in [1.82, 2.24) is 9.78 Å². The fraction of sp³-hybridized carbons (Fsp3) is 0.182. The van der Waals surface area contributed by atoms with Gasteiger partial charge in [-0.25, -0.2) is 0 Å². The molecule has 2 aromatic rings. The lowest BCUT2D eigenvalue weighted by Crippen LogP contribution is -2.03. The average molecular weight is 313 g/mol. The third-order valence-corrected chi connectivity index (χ3v) is 2.88. The number of rotatable bonds is 3. The molecule has 4 heteroatoms. The Morgan fingerprint density at radius 3 is 2.53 bits per heavy atom. The lowest BCUT2D eigenvalue weighted by atomic mass is 10.2. The Morgan fingerprint density at radius 2 is 1.93 bits per heavy atom. The molecule has 2 rings (SSSR count). The highest BCUT2D eigenvalue weighted by molar-refractivity contribution is 14.1. The molecule has 15 heavy (non-hydrogen) atoms. The number of halogens is 1. The molecule has 78 valence electrons. The van der Waals surface area contributed by atoms with Gasteiger partial charge in [-0.05, 0) is 46.4 Å². The Kier molecular flexibility index (Phi) is 3.37. The van der Waals surface area contributed by atoms with Crippen LogP contribution in [-0.2, 0) is 13.1 Å². The summed E-state index contributed by atoms with van der Waals surface area (Å²) >= 11 is 2.30. The molecule has 0 amide bonds. The molecule has 1 heterocycles. The summed E-state index contributed by atoms with van der Waals surface area (Å²) in [5.41, 5.74) is 7.68. The molecule has 2 N–H and O–H groups in total. The highest BCUT2D eigenvalue weighted by Gasteiger charge is 1.98. The van der Waals surface area contributed by atoms with Crippen molar-refractivity contribution in [2.75, 3.05) is 0 Å². The number of aromatic nitrogens is 2. The van der Waals surface area contributed by atoms with Gasteiger partial charge >= 0.3 is 0 Å². The normalized spacial score (nSPS) is 10.5. The lowest BCUT2D eigenvalue weighted by Gasteiger charge is -2.01. The Labute approximate surface area is 102 Å². The molecule has 0 saturated heterocycles. The van der Waals surface area contributed by atoms with Crippen LogP contribution in [0.2, 0.25) is 0 Å². The summed E-state index contributed by atoms with van der Waals surface area (Å²) in [6.45, 7) is 1.30. The minimum absolute atomic E-state index is 0.500. The van der Waals surface area contributed by atoms with E-state index in [0.717, 1.165) is 12.2 Å². The van der Waals surface area contributed by atoms with Crippen molar-refractivity contribution in [3.05, 3.63) is 51.4 Å². The van der Waals surface area contributed by atoms with E-state index in [2.05, 4.69) is 52.0 Å². The zero-order valence-electron chi connectivity index (χ0n) is 8.23. The van der Waals surface area contributed by atoms with Gasteiger partial charge in [-0.3, -0.25) is 4.68 Å². The molecular weight excluding hydrogens is 301 g/mol. The van der Waals surface area contributed by atoms with Gasteiger partial charge in [0, 0.05) is 16.3 Å². The van der Waals surface area contributed by atoms with Crippen LogP contribution in [0.5, 0.6) is 0 Å². The molecule has 0 aliphatic heterocycles. The van der Waals surface area contributed by atoms with Gasteiger partial charge < -0.3 is 5.73 Å². The number of benzene rings is 1. The van der Waals surface area contributed by atoms with Gasteiger partial charge in [0.2, 0.25) is 0 Å². The van der Waals surface area contributed by atoms with E-state index in [1.165, 1.54) is 9.13 Å². The highest BCUT2D eigenvalue weighted by Crippen LogP contribution is 2.08. The molecule has 3 nitrogen and oxygen atoms in total. The van der Waals surface area contributed by atoms with Crippen LogP contribution in [-0.4, -0.2) is 9.78 Å². The number of nitrogens with zero attached hydrogens (tertiary/aromatic N) is 2. The van der Waals surface area contributed by atoms with E-state index in [0.29, 0.717) is 6.54 Å². The molecule has 0 radical (unpaired) electrons. The summed E-state index contributed by atoms with van der Waals surface area (Å²) < 4.78 is 3.16. The zero-order chi connectivity index (χ0) is 10.7. The first-order chi connectivity index (χ1) is 7.28. The van der Waals surface area contributed by atoms with Crippen LogP contribution < -0.4 is 5.73 Å². The SMILES string of the molecule is NCc1ccn(Cc2ccc(I)cc2)n1. The maximum Gasteiger partial charge on any atom is 0.0760 e. The van der Waals surface area contributed by atoms with Gasteiger partial charge in [-0.2, -0.15) is 5.10 Å². The summed E-state index contributed by atoms with van der Waals surface area (Å²) in [5.74, 6) is 0. The molecule has 0 fully saturated rings. The predicted molar refractivity (Wildman–Crippen MR) is 68.4 cm³/mol. The van der Waals surface area contributed by atoms with Crippen molar-refractivity contribution in [1.29, 1.82) is 0 Å². The maximum atomic E-state index is 5.50. The molecule has 0 aliphatic carbocycles. The van der Waals surface area contributed by atoms with Gasteiger partial charge in [-0.1, -0.05) is 12.1 Å². The van der Waals surface area contributed by atoms with Crippen LogP contribution in [0.15, 0.2) is 36.5 Å². The third kappa shape index (κ3) is 2.79. The van der Waals surface area contributed by atoms with Gasteiger partial charge in [0.1, 0.15) is 0 Å². The van der Waals surface area contributed by atoms with Gasteiger partial charge in [0.15, 0.2) is 0 Å². The van der Waals surface area contributed by atoms with Crippen LogP contribution in [0, 0.1) is 3.57 Å². The van der Waals surface area contributed by atoms with Crippen molar-refractivity contribution in [3.8, 4) is 0 Å². The zero-order valence-corrected chi connectivity index (χ0v) is 10.4. The molecular formula is C11H12IN3. The Balaban J connectivity index is 2.11. The van der Waals surface area contributed by atoms with Gasteiger partial charge in [0.25, 0.3) is 0 Å². The van der Waals surface area contributed by atoms with Gasteiger partial charge in [-0.15, -0.1) is 0 Å². The van der Waals surface area contributed by atoms with Crippen molar-refractivity contribution < 1.29 is 0 Å². The van der Waals surface area contributed by atoms with Crippen molar-refractivity contribution >= 4 is 22.6 Å². The molecule has 0 aliphatic rings. The Hall–Kier alpha value is -0.880. The van der Waals surface area contributed by atoms with E-state index in [9.17, 15) is 0 Å². The number of hydrogen-bond donors (Lipinski definition) is 1. The fourth-order valence-electron chi connectivity index (χ4n) is 1.38. The van der Waals surface area contributed by atoms with E-state index in [1.54, 1.807) is 0 Å². The van der Waals surface area contributed by atoms with Crippen molar-refractivity contribution in [2.45, 2.75) is 13.1 Å². The lowest BCUT2D eigenvalue weighted by molar-refractivity contribution is 0.672. The average Bonchev–Trinajstić information content (AvgIpc) is 2.69. The van der Waals surface area contributed by atoms with Crippen LogP contribution in [0.1, 0.15) is 11.3 Å². The number of hydrogen-bond acceptors (Lipinski definition) is 2. The summed E-state index contributed by atoms with van der Waals surface area (Å²) in [7, 11) is 0. The first-order valence-corrected chi connectivity index (χ1v) is 5.82. The first kappa shape index (κ1) is 10.6. The van der Waals surface area contributed by atoms with Gasteiger partial charge in [0.05, 0.1) is 12.2 Å². The second-order valence-corrected chi connectivity index (χ2v) is 4.58. The maximum absolute atomic E-state index is 5.50. The van der Waals surface area contributed by atoms with E-state index < -0.39 is 0 Å². The largest absolute Gasteiger partial charge is 0.325 e. The monoisotopic (exact) mass is 313 g/mol. The molecule has 1 aromatic carbocycles. The smallest absolute Gasteiger partial charge is 0.0760 e. The van der Waals surface area contributed by atoms with Crippen LogP contribution in [0.25, 0.3) is 0 Å². The van der Waals surface area contributed by atoms with Crippen molar-refractivity contribution in [3.63, 3.8) is 0 Å². The van der Waals surface area contributed by atoms with E-state index >= 15 is 0 Å². The molecule has 0 unspecified atom stereocenters. The summed E-state index contributed by atoms with van der Waals surface area (Å²) in [6.07, 6.45) is 1.96. The van der Waals surface area contributed by atoms with E-state index in [1.807, 2.05) is 16.9 Å². The quantitative estimate of drug-likeness (QED) is 0.881. The number of nitrogens with two attached hydrogens (primary N) is 1. The first-order valence-electron chi connectivity index (χ1n) is 4.75. The van der Waals surface area contributed by atoms with Crippen LogP contribution in [0.3, 0.4) is 0 Å². The van der Waals surface area contributed by atoms with Crippen LogP contribution >= 0.6 is 22.6 Å². The second kappa shape index (κ2) is 4.76. The van der Waals surface area contributed by atoms with E-state index in [-0.39, 0.29) is 0 Å². The Morgan fingerprint density at radius 1 is 1.20 bits per heavy atom. The molecule has 0 saturated carbocycles. The van der Waals surface area contributed by atoms with E-state index in [4.69, 9.17) is 5.73 Å². The Bertz CT molecular complexity index is 433. The predicted octanol–water partition coefficient (Wildman–Crippen LogP) is 1.99. The molecule has 0 atom stereocenters. The summed E-state index contributed by atoms with van der Waals surface area (Å²) in [5, 5.41) is 4.34. The highest BCUT2D eigenvalue weighted by atomic mass is 127. The third-order valence-electron chi connectivity index (χ3n) is 2.16. The topological polar surface area (TPSA) is 43.8 Å². The molecule has 1 aromatic heterocycles. The molecule has 0 spiro atoms. The minimum atomic E-state index is 0.500. The second-order valence-electron chi connectivity index (χ2n) is 3.34. The summed E-state index contributed by atoms with van der Waals surface area (Å²) in [6, 6.07) is 10.4. The van der Waals surface area contributed by atoms with Crippen LogP contribution in [0.4, 0.5) is 0 Å². The fourth-order valence-corrected chi connectivity index (χ4v) is 1.74. The molecule has 0 bridgehead atoms. The minimum Gasteiger partial charge on any atom is -0.325 e. The summed E-state index contributed by atoms with van der Waals surface area (Å²) in [4.78, 5) is 0. The van der Waals surface area contributed by atoms with Crippen molar-refractivity contribution in [2.24, 2.45) is 5.73 Å².